The molecule has 21 heteroatoms. The van der Waals surface area contributed by atoms with Gasteiger partial charge in [-0.15, -0.1) is 5.11 Å². The first-order valence-corrected chi connectivity index (χ1v) is 17.3. The lowest BCUT2D eigenvalue weighted by Gasteiger charge is -2.07. The summed E-state index contributed by atoms with van der Waals surface area (Å²) in [4.78, 5) is -1.77. The molecule has 0 fully saturated rings. The second-order valence-corrected chi connectivity index (χ2v) is 14.7. The molecule has 0 spiro atoms. The maximum Gasteiger partial charge on any atom is 0.397 e. The van der Waals surface area contributed by atoms with Crippen molar-refractivity contribution in [3.05, 3.63) is 60.3 Å². The monoisotopic (exact) mass is 676 g/mol. The zero-order valence-electron chi connectivity index (χ0n) is 21.5. The number of nitrogens with zero attached hydrogens (tertiary/aromatic N) is 4. The Morgan fingerprint density at radius 3 is 2.05 bits per heavy atom. The van der Waals surface area contributed by atoms with Crippen LogP contribution in [0.25, 0.3) is 16.5 Å². The lowest BCUT2D eigenvalue weighted by Crippen LogP contribution is -2.15. The van der Waals surface area contributed by atoms with Crippen LogP contribution in [0, 0.1) is 6.92 Å². The van der Waals surface area contributed by atoms with E-state index in [0.717, 1.165) is 10.7 Å². The van der Waals surface area contributed by atoms with Gasteiger partial charge in [0.15, 0.2) is 15.5 Å². The number of sulfone groups is 1. The van der Waals surface area contributed by atoms with E-state index in [1.54, 1.807) is 0 Å². The van der Waals surface area contributed by atoms with E-state index in [4.69, 9.17) is 4.55 Å². The highest BCUT2D eigenvalue weighted by Crippen LogP contribution is 2.35. The molecule has 0 aliphatic carbocycles. The zero-order chi connectivity index (χ0) is 32.0. The number of aromatic nitrogens is 2. The van der Waals surface area contributed by atoms with Gasteiger partial charge in [-0.25, -0.2) is 12.6 Å². The van der Waals surface area contributed by atoms with Gasteiger partial charge < -0.3 is 5.11 Å². The molecule has 0 aliphatic heterocycles. The maximum atomic E-state index is 12.4. The van der Waals surface area contributed by atoms with Gasteiger partial charge in [0.1, 0.15) is 4.90 Å². The smallest absolute Gasteiger partial charge is 0.397 e. The van der Waals surface area contributed by atoms with E-state index in [9.17, 15) is 47.9 Å². The van der Waals surface area contributed by atoms with Crippen LogP contribution in [0.4, 0.5) is 11.4 Å². The predicted molar refractivity (Wildman–Crippen MR) is 147 cm³/mol. The van der Waals surface area contributed by atoms with Crippen LogP contribution in [0.5, 0.6) is 5.88 Å². The van der Waals surface area contributed by atoms with E-state index in [2.05, 4.69) is 19.5 Å². The van der Waals surface area contributed by atoms with Crippen LogP contribution in [0.15, 0.2) is 79.5 Å². The van der Waals surface area contributed by atoms with Crippen LogP contribution in [0.1, 0.15) is 5.69 Å². The van der Waals surface area contributed by atoms with E-state index in [-0.39, 0.29) is 38.4 Å². The largest absolute Gasteiger partial charge is 0.492 e. The molecule has 0 unspecified atom stereocenters. The SMILES string of the molecule is Cc1nn(-c2ccc(S(=O)(=O)CCOS(=O)(=O)O)cc2)c(O)c1/N=N/c1ccc2cc(S(=O)(=O)O)cc(S(=O)(=O)O)c2c1. The summed E-state index contributed by atoms with van der Waals surface area (Å²) in [5, 5.41) is 22.7. The fourth-order valence-corrected chi connectivity index (χ4v) is 6.62. The Morgan fingerprint density at radius 1 is 0.814 bits per heavy atom. The highest BCUT2D eigenvalue weighted by molar-refractivity contribution is 7.91. The number of fused-ring (bicyclic) bond motifs is 1. The Bertz CT molecular complexity index is 2210. The minimum absolute atomic E-state index is 0.0242. The highest BCUT2D eigenvalue weighted by Gasteiger charge is 2.22. The van der Waals surface area contributed by atoms with Crippen LogP contribution in [0.2, 0.25) is 0 Å². The van der Waals surface area contributed by atoms with Crippen molar-refractivity contribution in [2.75, 3.05) is 12.4 Å². The molecule has 4 aromatic rings. The lowest BCUT2D eigenvalue weighted by atomic mass is 10.1. The minimum atomic E-state index is -4.94. The summed E-state index contributed by atoms with van der Waals surface area (Å²) >= 11 is 0. The molecule has 43 heavy (non-hydrogen) atoms. The third-order valence-electron chi connectivity index (χ3n) is 5.74. The number of aromatic hydroxyl groups is 1. The zero-order valence-corrected chi connectivity index (χ0v) is 24.8. The summed E-state index contributed by atoms with van der Waals surface area (Å²) in [6.07, 6.45) is 0. The molecule has 0 aliphatic rings. The quantitative estimate of drug-likeness (QED) is 0.139. The number of azo groups is 1. The van der Waals surface area contributed by atoms with Crippen LogP contribution < -0.4 is 0 Å². The van der Waals surface area contributed by atoms with Crippen molar-refractivity contribution in [2.24, 2.45) is 10.2 Å². The molecule has 1 aromatic heterocycles. The van der Waals surface area contributed by atoms with Crippen molar-refractivity contribution in [2.45, 2.75) is 21.6 Å². The molecule has 0 amide bonds. The molecule has 17 nitrogen and oxygen atoms in total. The van der Waals surface area contributed by atoms with E-state index in [0.29, 0.717) is 6.07 Å². The van der Waals surface area contributed by atoms with Gasteiger partial charge in [0.2, 0.25) is 5.88 Å². The Morgan fingerprint density at radius 2 is 1.47 bits per heavy atom. The molecule has 3 aromatic carbocycles. The molecule has 1 heterocycles. The fraction of sp³-hybridized carbons (Fsp3) is 0.136. The second kappa shape index (κ2) is 11.3. The fourth-order valence-electron chi connectivity index (χ4n) is 3.78. The van der Waals surface area contributed by atoms with Crippen LogP contribution in [-0.4, -0.2) is 74.6 Å². The molecular weight excluding hydrogens is 657 g/mol. The predicted octanol–water partition coefficient (Wildman–Crippen LogP) is 2.54. The first kappa shape index (κ1) is 32.1. The number of benzene rings is 3. The van der Waals surface area contributed by atoms with Crippen molar-refractivity contribution >= 4 is 62.6 Å². The Hall–Kier alpha value is -3.83. The molecule has 0 atom stereocenters. The Labute approximate surface area is 244 Å². The first-order valence-electron chi connectivity index (χ1n) is 11.4. The standard InChI is InChI=1S/C22H20N4O13S4/c1-13-21(22(27)26(25-13)16-4-6-17(7-5-16)40(28,29)9-8-39-43(36,37)38)24-23-15-3-2-14-10-18(41(30,31)32)12-20(19(14)11-15)42(33,34)35/h2-7,10-12,27H,8-9H2,1H3,(H,30,31,32)(H,33,34,35)(H,36,37,38)/b24-23+. The van der Waals surface area contributed by atoms with Crippen LogP contribution in [0.3, 0.4) is 0 Å². The van der Waals surface area contributed by atoms with Crippen molar-refractivity contribution in [3.8, 4) is 11.6 Å². The van der Waals surface area contributed by atoms with Gasteiger partial charge in [0, 0.05) is 5.39 Å². The van der Waals surface area contributed by atoms with Gasteiger partial charge in [-0.3, -0.25) is 13.7 Å². The summed E-state index contributed by atoms with van der Waals surface area (Å²) in [5.41, 5.74) is 0.290. The minimum Gasteiger partial charge on any atom is -0.492 e. The van der Waals surface area contributed by atoms with Gasteiger partial charge in [-0.05, 0) is 60.8 Å². The number of rotatable bonds is 10. The third-order valence-corrected chi connectivity index (χ3v) is 9.63. The van der Waals surface area contributed by atoms with E-state index in [1.165, 1.54) is 49.4 Å². The van der Waals surface area contributed by atoms with Gasteiger partial charge in [0.25, 0.3) is 20.2 Å². The van der Waals surface area contributed by atoms with Crippen molar-refractivity contribution in [3.63, 3.8) is 0 Å². The van der Waals surface area contributed by atoms with Crippen molar-refractivity contribution < 1.29 is 56.6 Å². The molecule has 0 saturated carbocycles. The molecule has 230 valence electrons. The van der Waals surface area contributed by atoms with Crippen LogP contribution in [-0.2, 0) is 44.7 Å². The summed E-state index contributed by atoms with van der Waals surface area (Å²) in [6, 6.07) is 10.3. The average Bonchev–Trinajstić information content (AvgIpc) is 3.17. The molecular formula is C22H20N4O13S4. The van der Waals surface area contributed by atoms with Gasteiger partial charge >= 0.3 is 10.4 Å². The summed E-state index contributed by atoms with van der Waals surface area (Å²) in [7, 11) is -18.5. The van der Waals surface area contributed by atoms with Gasteiger partial charge in [-0.1, -0.05) is 6.07 Å². The number of hydrogen-bond acceptors (Lipinski definition) is 13. The summed E-state index contributed by atoms with van der Waals surface area (Å²) in [5.74, 6) is -1.25. The van der Waals surface area contributed by atoms with Crippen molar-refractivity contribution in [1.29, 1.82) is 0 Å². The van der Waals surface area contributed by atoms with E-state index >= 15 is 0 Å². The molecule has 0 radical (unpaired) electrons. The summed E-state index contributed by atoms with van der Waals surface area (Å²) < 4.78 is 125. The maximum absolute atomic E-state index is 12.4. The van der Waals surface area contributed by atoms with E-state index < -0.39 is 68.5 Å². The van der Waals surface area contributed by atoms with Crippen molar-refractivity contribution in [1.82, 2.24) is 9.78 Å². The molecule has 0 bridgehead atoms. The lowest BCUT2D eigenvalue weighted by molar-refractivity contribution is 0.284. The van der Waals surface area contributed by atoms with Gasteiger partial charge in [-0.2, -0.15) is 40.1 Å². The normalized spacial score (nSPS) is 13.2. The van der Waals surface area contributed by atoms with Crippen LogP contribution >= 0.6 is 0 Å². The number of hydrogen-bond donors (Lipinski definition) is 4. The topological polar surface area (TPSA) is 269 Å². The van der Waals surface area contributed by atoms with E-state index in [1.807, 2.05) is 0 Å². The molecule has 4 N–H and O–H groups in total. The highest BCUT2D eigenvalue weighted by atomic mass is 32.3. The summed E-state index contributed by atoms with van der Waals surface area (Å²) in [6.45, 7) is 0.669. The first-order chi connectivity index (χ1) is 19.8. The van der Waals surface area contributed by atoms with Gasteiger partial charge in [0.05, 0.1) is 39.2 Å². The molecule has 4 rings (SSSR count). The second-order valence-electron chi connectivity index (χ2n) is 8.71. The average molecular weight is 677 g/mol. The third kappa shape index (κ3) is 7.40. The number of aryl methyl sites for hydroxylation is 1. The Kier molecular flexibility index (Phi) is 8.47. The molecule has 0 saturated heterocycles. The Balaban J connectivity index is 1.64.